The first-order chi connectivity index (χ1) is 20.3. The molecule has 232 valence electrons. The van der Waals surface area contributed by atoms with Gasteiger partial charge in [0.2, 0.25) is 10.0 Å². The van der Waals surface area contributed by atoms with Crippen LogP contribution in [0.2, 0.25) is 0 Å². The molecule has 3 atom stereocenters. The highest BCUT2D eigenvalue weighted by atomic mass is 32.2. The number of aliphatic hydroxyl groups excluding tert-OH is 1. The van der Waals surface area contributed by atoms with Crippen LogP contribution in [0.1, 0.15) is 29.8 Å². The molecule has 0 saturated carbocycles. The minimum atomic E-state index is -3.94. The number of aliphatic hydroxyl groups is 1. The van der Waals surface area contributed by atoms with Gasteiger partial charge in [-0.15, -0.1) is 0 Å². The average molecular weight is 632 g/mol. The third-order valence-electron chi connectivity index (χ3n) is 7.45. The van der Waals surface area contributed by atoms with Crippen LogP contribution < -0.4 is 14.2 Å². The summed E-state index contributed by atoms with van der Waals surface area (Å²) in [6.07, 6.45) is -0.687. The molecule has 0 aliphatic carbocycles. The van der Waals surface area contributed by atoms with E-state index >= 15 is 0 Å². The van der Waals surface area contributed by atoms with E-state index in [1.165, 1.54) is 65.8 Å². The molecule has 3 aromatic rings. The van der Waals surface area contributed by atoms with Crippen LogP contribution in [0, 0.1) is 12.8 Å². The van der Waals surface area contributed by atoms with Crippen LogP contribution in [0.5, 0.6) is 11.5 Å². The second kappa shape index (κ2) is 12.9. The Balaban J connectivity index is 1.67. The fourth-order valence-electron chi connectivity index (χ4n) is 4.71. The van der Waals surface area contributed by atoms with Crippen molar-refractivity contribution in [2.24, 2.45) is 5.92 Å². The van der Waals surface area contributed by atoms with Crippen molar-refractivity contribution in [2.75, 3.05) is 38.6 Å². The van der Waals surface area contributed by atoms with Gasteiger partial charge in [-0.2, -0.15) is 4.31 Å². The van der Waals surface area contributed by atoms with Crippen LogP contribution in [0.3, 0.4) is 0 Å². The normalized spacial score (nSPS) is 18.3. The van der Waals surface area contributed by atoms with Crippen molar-refractivity contribution in [2.45, 2.75) is 42.7 Å². The highest BCUT2D eigenvalue weighted by Gasteiger charge is 2.35. The molecule has 0 unspecified atom stereocenters. The lowest BCUT2D eigenvalue weighted by atomic mass is 9.99. The van der Waals surface area contributed by atoms with Gasteiger partial charge in [0.1, 0.15) is 17.6 Å². The highest BCUT2D eigenvalue weighted by molar-refractivity contribution is 7.92. The third kappa shape index (κ3) is 7.12. The van der Waals surface area contributed by atoms with Crippen LogP contribution in [0.25, 0.3) is 0 Å². The average Bonchev–Trinajstić information content (AvgIpc) is 2.98. The maximum absolute atomic E-state index is 13.7. The number of methoxy groups -OCH3 is 1. The molecule has 11 nitrogen and oxygen atoms in total. The Kier molecular flexibility index (Phi) is 9.70. The number of carbonyl (C=O) groups excluding carboxylic acids is 1. The highest BCUT2D eigenvalue weighted by Crippen LogP contribution is 2.32. The van der Waals surface area contributed by atoms with E-state index in [1.807, 2.05) is 13.8 Å². The number of carbonyl (C=O) groups is 1. The summed E-state index contributed by atoms with van der Waals surface area (Å²) in [6, 6.07) is 16.2. The maximum Gasteiger partial charge on any atom is 0.261 e. The van der Waals surface area contributed by atoms with Gasteiger partial charge in [0, 0.05) is 25.2 Å². The molecule has 0 spiro atoms. The van der Waals surface area contributed by atoms with Gasteiger partial charge in [-0.05, 0) is 68.4 Å². The van der Waals surface area contributed by atoms with Crippen LogP contribution >= 0.6 is 0 Å². The van der Waals surface area contributed by atoms with Gasteiger partial charge in [-0.1, -0.05) is 24.6 Å². The predicted molar refractivity (Wildman–Crippen MR) is 162 cm³/mol. The molecule has 1 aliphatic heterocycles. The summed E-state index contributed by atoms with van der Waals surface area (Å²) in [5.74, 6) is -0.0829. The SMILES string of the molecule is COc1ccc(S(=O)(=O)N(C)C[C@@H]2Oc3ccc(NS(=O)(=O)c4ccc(C)cc4)cc3C(=O)N([C@H](C)CO)C[C@@H]2C)cc1. The number of fused-ring (bicyclic) bond motifs is 1. The molecule has 1 heterocycles. The second-order valence-corrected chi connectivity index (χ2v) is 14.4. The quantitative estimate of drug-likeness (QED) is 0.347. The Hall–Kier alpha value is -3.65. The molecule has 0 aromatic heterocycles. The predicted octanol–water partition coefficient (Wildman–Crippen LogP) is 3.35. The smallest absolute Gasteiger partial charge is 0.261 e. The zero-order valence-electron chi connectivity index (χ0n) is 24.7. The summed E-state index contributed by atoms with van der Waals surface area (Å²) in [7, 11) is -4.88. The first kappa shape index (κ1) is 32.3. The molecule has 3 aromatic carbocycles. The lowest BCUT2D eigenvalue weighted by molar-refractivity contribution is 0.0387. The molecular formula is C30H37N3O8S2. The zero-order valence-corrected chi connectivity index (χ0v) is 26.4. The Labute approximate surface area is 253 Å². The Morgan fingerprint density at radius 3 is 2.28 bits per heavy atom. The van der Waals surface area contributed by atoms with E-state index in [-0.39, 0.29) is 52.4 Å². The number of anilines is 1. The fraction of sp³-hybridized carbons (Fsp3) is 0.367. The number of nitrogens with one attached hydrogen (secondary N) is 1. The first-order valence-electron chi connectivity index (χ1n) is 13.7. The number of aryl methyl sites for hydroxylation is 1. The van der Waals surface area contributed by atoms with E-state index in [2.05, 4.69) is 4.72 Å². The molecular weight excluding hydrogens is 594 g/mol. The first-order valence-corrected chi connectivity index (χ1v) is 16.6. The number of sulfonamides is 2. The van der Waals surface area contributed by atoms with Gasteiger partial charge in [-0.25, -0.2) is 16.8 Å². The van der Waals surface area contributed by atoms with Gasteiger partial charge in [0.25, 0.3) is 15.9 Å². The monoisotopic (exact) mass is 631 g/mol. The molecule has 2 N–H and O–H groups in total. The van der Waals surface area contributed by atoms with Crippen molar-refractivity contribution in [1.82, 2.24) is 9.21 Å². The van der Waals surface area contributed by atoms with Crippen LogP contribution in [-0.2, 0) is 20.0 Å². The Morgan fingerprint density at radius 1 is 1.05 bits per heavy atom. The molecule has 0 fully saturated rings. The van der Waals surface area contributed by atoms with Crippen molar-refractivity contribution in [3.05, 3.63) is 77.9 Å². The summed E-state index contributed by atoms with van der Waals surface area (Å²) in [5, 5.41) is 9.92. The standard InChI is InChI=1S/C30H37N3O8S2/c1-20-6-11-25(12-7-20)42(36,37)31-23-8-15-28-27(16-23)30(35)33(22(3)19-34)17-21(2)29(41-28)18-32(4)43(38,39)26-13-9-24(40-5)10-14-26/h6-16,21-22,29,31,34H,17-19H2,1-5H3/t21-,22+,29-/m0/s1. The zero-order chi connectivity index (χ0) is 31.5. The Bertz CT molecular complexity index is 1660. The molecule has 13 heteroatoms. The Morgan fingerprint density at radius 2 is 1.67 bits per heavy atom. The van der Waals surface area contributed by atoms with Crippen molar-refractivity contribution in [3.63, 3.8) is 0 Å². The van der Waals surface area contributed by atoms with E-state index in [0.717, 1.165) is 5.56 Å². The minimum absolute atomic E-state index is 0.0354. The number of benzene rings is 3. The van der Waals surface area contributed by atoms with E-state index in [1.54, 1.807) is 31.2 Å². The van der Waals surface area contributed by atoms with Crippen molar-refractivity contribution >= 4 is 31.6 Å². The van der Waals surface area contributed by atoms with E-state index < -0.39 is 38.1 Å². The number of hydrogen-bond donors (Lipinski definition) is 2. The summed E-state index contributed by atoms with van der Waals surface area (Å²) in [4.78, 5) is 15.4. The number of nitrogens with zero attached hydrogens (tertiary/aromatic N) is 2. The minimum Gasteiger partial charge on any atom is -0.497 e. The van der Waals surface area contributed by atoms with Gasteiger partial charge in [0.05, 0.1) is 41.7 Å². The van der Waals surface area contributed by atoms with Crippen LogP contribution in [0.15, 0.2) is 76.5 Å². The molecule has 0 saturated heterocycles. The summed E-state index contributed by atoms with van der Waals surface area (Å²) < 4.78 is 67.9. The molecule has 0 bridgehead atoms. The second-order valence-electron chi connectivity index (χ2n) is 10.7. The van der Waals surface area contributed by atoms with E-state index in [9.17, 15) is 26.7 Å². The topological polar surface area (TPSA) is 143 Å². The number of amides is 1. The van der Waals surface area contributed by atoms with Crippen molar-refractivity contribution < 1.29 is 36.2 Å². The van der Waals surface area contributed by atoms with Gasteiger partial charge < -0.3 is 19.5 Å². The fourth-order valence-corrected chi connectivity index (χ4v) is 6.95. The molecule has 0 radical (unpaired) electrons. The van der Waals surface area contributed by atoms with E-state index in [4.69, 9.17) is 9.47 Å². The molecule has 4 rings (SSSR count). The van der Waals surface area contributed by atoms with Crippen LogP contribution in [-0.4, -0.2) is 83.1 Å². The number of hydrogen-bond acceptors (Lipinski definition) is 8. The van der Waals surface area contributed by atoms with Gasteiger partial charge >= 0.3 is 0 Å². The van der Waals surface area contributed by atoms with Crippen LogP contribution in [0.4, 0.5) is 5.69 Å². The third-order valence-corrected chi connectivity index (χ3v) is 10.7. The van der Waals surface area contributed by atoms with Gasteiger partial charge in [-0.3, -0.25) is 9.52 Å². The molecule has 43 heavy (non-hydrogen) atoms. The van der Waals surface area contributed by atoms with Gasteiger partial charge in [0.15, 0.2) is 0 Å². The summed E-state index contributed by atoms with van der Waals surface area (Å²) in [6.45, 7) is 5.23. The number of rotatable bonds is 10. The number of ether oxygens (including phenoxy) is 2. The largest absolute Gasteiger partial charge is 0.497 e. The lowest BCUT2D eigenvalue weighted by Gasteiger charge is -2.38. The molecule has 1 amide bonds. The summed E-state index contributed by atoms with van der Waals surface area (Å²) >= 11 is 0. The maximum atomic E-state index is 13.7. The van der Waals surface area contributed by atoms with Crippen molar-refractivity contribution in [3.8, 4) is 11.5 Å². The molecule has 1 aliphatic rings. The lowest BCUT2D eigenvalue weighted by Crippen LogP contribution is -2.50. The van der Waals surface area contributed by atoms with Crippen molar-refractivity contribution in [1.29, 1.82) is 0 Å². The van der Waals surface area contributed by atoms with E-state index in [0.29, 0.717) is 5.75 Å². The summed E-state index contributed by atoms with van der Waals surface area (Å²) in [5.41, 5.74) is 1.14. The number of likely N-dealkylation sites (N-methyl/N-ethyl adjacent to an activating group) is 1.